The van der Waals surface area contributed by atoms with E-state index in [-0.39, 0.29) is 14.9 Å². The molecule has 0 aliphatic heterocycles. The monoisotopic (exact) mass is 293 g/mol. The second-order valence-electron chi connectivity index (χ2n) is 4.28. The molecule has 3 nitrogen and oxygen atoms in total. The SMILES string of the molecule is CN(CC1CC1)S(=O)(=O)c1c(Cl)cccc1Cl. The quantitative estimate of drug-likeness (QED) is 0.856. The van der Waals surface area contributed by atoms with Crippen LogP contribution in [0.4, 0.5) is 0 Å². The van der Waals surface area contributed by atoms with Crippen molar-refractivity contribution in [3.05, 3.63) is 28.2 Å². The Kier molecular flexibility index (Phi) is 3.69. The fraction of sp³-hybridized carbons (Fsp3) is 0.455. The van der Waals surface area contributed by atoms with Crippen molar-refractivity contribution in [2.45, 2.75) is 17.7 Å². The Morgan fingerprint density at radius 2 is 1.82 bits per heavy atom. The number of benzene rings is 1. The molecule has 1 aliphatic rings. The van der Waals surface area contributed by atoms with Crippen LogP contribution in [0.1, 0.15) is 12.8 Å². The summed E-state index contributed by atoms with van der Waals surface area (Å²) in [6.45, 7) is 0.532. The fourth-order valence-corrected chi connectivity index (χ4v) is 3.98. The predicted octanol–water partition coefficient (Wildman–Crippen LogP) is 3.02. The van der Waals surface area contributed by atoms with E-state index in [0.29, 0.717) is 12.5 Å². The van der Waals surface area contributed by atoms with Gasteiger partial charge in [0.05, 0.1) is 10.0 Å². The predicted molar refractivity (Wildman–Crippen MR) is 69.0 cm³/mol. The van der Waals surface area contributed by atoms with Crippen molar-refractivity contribution in [2.24, 2.45) is 5.92 Å². The zero-order valence-corrected chi connectivity index (χ0v) is 11.7. The van der Waals surface area contributed by atoms with Crippen LogP contribution in [0.2, 0.25) is 10.0 Å². The molecule has 0 amide bonds. The highest BCUT2D eigenvalue weighted by Gasteiger charge is 2.31. The van der Waals surface area contributed by atoms with Crippen molar-refractivity contribution in [3.63, 3.8) is 0 Å². The molecule has 17 heavy (non-hydrogen) atoms. The second kappa shape index (κ2) is 4.76. The number of halogens is 2. The van der Waals surface area contributed by atoms with Gasteiger partial charge in [-0.05, 0) is 30.9 Å². The van der Waals surface area contributed by atoms with Gasteiger partial charge in [0.15, 0.2) is 0 Å². The molecule has 2 rings (SSSR count). The highest BCUT2D eigenvalue weighted by molar-refractivity contribution is 7.89. The first-order valence-corrected chi connectivity index (χ1v) is 7.53. The molecule has 1 fully saturated rings. The summed E-state index contributed by atoms with van der Waals surface area (Å²) < 4.78 is 25.9. The van der Waals surface area contributed by atoms with Crippen molar-refractivity contribution in [1.29, 1.82) is 0 Å². The van der Waals surface area contributed by atoms with Gasteiger partial charge in [0, 0.05) is 13.6 Å². The van der Waals surface area contributed by atoms with E-state index < -0.39 is 10.0 Å². The van der Waals surface area contributed by atoms with E-state index in [1.165, 1.54) is 16.4 Å². The van der Waals surface area contributed by atoms with Gasteiger partial charge in [-0.15, -0.1) is 0 Å². The summed E-state index contributed by atoms with van der Waals surface area (Å²) in [6.07, 6.45) is 2.19. The van der Waals surface area contributed by atoms with Gasteiger partial charge in [-0.1, -0.05) is 29.3 Å². The number of hydrogen-bond acceptors (Lipinski definition) is 2. The number of rotatable bonds is 4. The lowest BCUT2D eigenvalue weighted by molar-refractivity contribution is 0.453. The lowest BCUT2D eigenvalue weighted by Crippen LogP contribution is -2.29. The molecule has 0 aromatic heterocycles. The molecule has 6 heteroatoms. The first-order valence-electron chi connectivity index (χ1n) is 5.33. The van der Waals surface area contributed by atoms with Crippen LogP contribution in [0, 0.1) is 5.92 Å². The van der Waals surface area contributed by atoms with Crippen molar-refractivity contribution in [1.82, 2.24) is 4.31 Å². The summed E-state index contributed by atoms with van der Waals surface area (Å²) in [5.74, 6) is 0.482. The average molecular weight is 294 g/mol. The van der Waals surface area contributed by atoms with E-state index in [1.54, 1.807) is 13.1 Å². The standard InChI is InChI=1S/C11H13Cl2NO2S/c1-14(7-8-5-6-8)17(15,16)11-9(12)3-2-4-10(11)13/h2-4,8H,5-7H2,1H3. The highest BCUT2D eigenvalue weighted by Crippen LogP contribution is 2.34. The Morgan fingerprint density at radius 1 is 1.29 bits per heavy atom. The van der Waals surface area contributed by atoms with Crippen LogP contribution < -0.4 is 0 Å². The van der Waals surface area contributed by atoms with Gasteiger partial charge in [0.2, 0.25) is 10.0 Å². The van der Waals surface area contributed by atoms with Crippen molar-refractivity contribution < 1.29 is 8.42 Å². The Bertz CT molecular complexity index is 506. The molecule has 1 saturated carbocycles. The zero-order chi connectivity index (χ0) is 12.6. The average Bonchev–Trinajstić information content (AvgIpc) is 3.00. The number of hydrogen-bond donors (Lipinski definition) is 0. The van der Waals surface area contributed by atoms with E-state index in [9.17, 15) is 8.42 Å². The van der Waals surface area contributed by atoms with Crippen LogP contribution in [-0.4, -0.2) is 26.3 Å². The number of nitrogens with zero attached hydrogens (tertiary/aromatic N) is 1. The van der Waals surface area contributed by atoms with E-state index >= 15 is 0 Å². The summed E-state index contributed by atoms with van der Waals surface area (Å²) in [6, 6.07) is 4.70. The third-order valence-corrected chi connectivity index (χ3v) is 5.58. The fourth-order valence-electron chi connectivity index (χ4n) is 1.65. The van der Waals surface area contributed by atoms with Crippen LogP contribution in [0.15, 0.2) is 23.1 Å². The van der Waals surface area contributed by atoms with Gasteiger partial charge in [-0.2, -0.15) is 0 Å². The van der Waals surface area contributed by atoms with Crippen LogP contribution in [0.25, 0.3) is 0 Å². The van der Waals surface area contributed by atoms with E-state index in [1.807, 2.05) is 0 Å². The van der Waals surface area contributed by atoms with Gasteiger partial charge < -0.3 is 0 Å². The normalized spacial score (nSPS) is 16.5. The Balaban J connectivity index is 2.36. The molecule has 0 N–H and O–H groups in total. The summed E-state index contributed by atoms with van der Waals surface area (Å²) in [5.41, 5.74) is 0. The van der Waals surface area contributed by atoms with E-state index in [0.717, 1.165) is 12.8 Å². The molecule has 0 bridgehead atoms. The first kappa shape index (κ1) is 13.1. The van der Waals surface area contributed by atoms with Gasteiger partial charge in [0.25, 0.3) is 0 Å². The van der Waals surface area contributed by atoms with Gasteiger partial charge >= 0.3 is 0 Å². The Labute approximate surface area is 111 Å². The van der Waals surface area contributed by atoms with Gasteiger partial charge in [-0.25, -0.2) is 12.7 Å². The van der Waals surface area contributed by atoms with Crippen LogP contribution >= 0.6 is 23.2 Å². The molecule has 0 saturated heterocycles. The molecule has 0 spiro atoms. The number of sulfonamides is 1. The van der Waals surface area contributed by atoms with Gasteiger partial charge in [-0.3, -0.25) is 0 Å². The minimum absolute atomic E-state index is 0.00600. The van der Waals surface area contributed by atoms with E-state index in [2.05, 4.69) is 0 Å². The molecule has 1 aromatic rings. The maximum Gasteiger partial charge on any atom is 0.245 e. The van der Waals surface area contributed by atoms with Crippen molar-refractivity contribution in [2.75, 3.05) is 13.6 Å². The van der Waals surface area contributed by atoms with Crippen molar-refractivity contribution in [3.8, 4) is 0 Å². The molecule has 0 heterocycles. The summed E-state index contributed by atoms with van der Waals surface area (Å²) in [5, 5.41) is 0.334. The molecular formula is C11H13Cl2NO2S. The zero-order valence-electron chi connectivity index (χ0n) is 9.36. The molecule has 1 aromatic carbocycles. The Morgan fingerprint density at radius 3 is 2.29 bits per heavy atom. The topological polar surface area (TPSA) is 37.4 Å². The third-order valence-electron chi connectivity index (χ3n) is 2.80. The summed E-state index contributed by atoms with van der Waals surface area (Å²) in [4.78, 5) is 0.00600. The minimum atomic E-state index is -3.59. The second-order valence-corrected chi connectivity index (χ2v) is 7.08. The highest BCUT2D eigenvalue weighted by atomic mass is 35.5. The van der Waals surface area contributed by atoms with Crippen molar-refractivity contribution >= 4 is 33.2 Å². The molecule has 1 aliphatic carbocycles. The summed E-state index contributed by atoms with van der Waals surface area (Å²) in [7, 11) is -2.02. The molecule has 0 atom stereocenters. The molecule has 0 radical (unpaired) electrons. The lowest BCUT2D eigenvalue weighted by Gasteiger charge is -2.18. The van der Waals surface area contributed by atoms with Crippen LogP contribution in [-0.2, 0) is 10.0 Å². The molecule has 94 valence electrons. The van der Waals surface area contributed by atoms with Crippen LogP contribution in [0.5, 0.6) is 0 Å². The smallest absolute Gasteiger partial charge is 0.207 e. The maximum atomic E-state index is 12.3. The Hall–Kier alpha value is -0.290. The van der Waals surface area contributed by atoms with E-state index in [4.69, 9.17) is 23.2 Å². The maximum absolute atomic E-state index is 12.3. The van der Waals surface area contributed by atoms with Gasteiger partial charge in [0.1, 0.15) is 4.90 Å². The molecule has 0 unspecified atom stereocenters. The largest absolute Gasteiger partial charge is 0.245 e. The summed E-state index contributed by atoms with van der Waals surface area (Å²) >= 11 is 11.8. The van der Waals surface area contributed by atoms with Crippen LogP contribution in [0.3, 0.4) is 0 Å². The lowest BCUT2D eigenvalue weighted by atomic mass is 10.4. The first-order chi connectivity index (χ1) is 7.93. The third kappa shape index (κ3) is 2.76. The minimum Gasteiger partial charge on any atom is -0.207 e. The molecular weight excluding hydrogens is 281 g/mol.